The molecule has 0 spiro atoms. The zero-order valence-corrected chi connectivity index (χ0v) is 12.2. The minimum Gasteiger partial charge on any atom is -0.330 e. The minimum absolute atomic E-state index is 0.828. The second-order valence-corrected chi connectivity index (χ2v) is 5.43. The second kappa shape index (κ2) is 8.55. The quantitative estimate of drug-likeness (QED) is 0.707. The van der Waals surface area contributed by atoms with Crippen molar-refractivity contribution in [3.8, 4) is 0 Å². The Bertz CT molecular complexity index is 473. The summed E-state index contributed by atoms with van der Waals surface area (Å²) in [6.07, 6.45) is 7.22. The van der Waals surface area contributed by atoms with Crippen LogP contribution in [-0.4, -0.2) is 6.54 Å². The molecule has 0 amide bonds. The van der Waals surface area contributed by atoms with E-state index in [4.69, 9.17) is 5.73 Å². The third-order valence-corrected chi connectivity index (χ3v) is 3.69. The number of hydrogen-bond acceptors (Lipinski definition) is 1. The smallest absolute Gasteiger partial charge is 0.00258 e. The highest BCUT2D eigenvalue weighted by atomic mass is 14.5. The predicted molar refractivity (Wildman–Crippen MR) is 86.9 cm³/mol. The van der Waals surface area contributed by atoms with Crippen LogP contribution in [0.5, 0.6) is 0 Å². The third kappa shape index (κ3) is 5.18. The van der Waals surface area contributed by atoms with Crippen molar-refractivity contribution in [2.24, 2.45) is 5.73 Å². The lowest BCUT2D eigenvalue weighted by molar-refractivity contribution is 0.646. The molecule has 2 rings (SSSR count). The lowest BCUT2D eigenvalue weighted by atomic mass is 10.0. The van der Waals surface area contributed by atoms with Gasteiger partial charge in [0, 0.05) is 0 Å². The first-order chi connectivity index (χ1) is 9.88. The molecule has 1 heteroatoms. The molecule has 0 saturated heterocycles. The van der Waals surface area contributed by atoms with Gasteiger partial charge in [0.25, 0.3) is 0 Å². The molecular formula is C19H25N. The highest BCUT2D eigenvalue weighted by molar-refractivity contribution is 5.28. The van der Waals surface area contributed by atoms with Gasteiger partial charge in [-0.05, 0) is 48.9 Å². The van der Waals surface area contributed by atoms with Gasteiger partial charge >= 0.3 is 0 Å². The fourth-order valence-electron chi connectivity index (χ4n) is 2.48. The molecule has 2 N–H and O–H groups in total. The molecule has 20 heavy (non-hydrogen) atoms. The molecule has 106 valence electrons. The minimum atomic E-state index is 0.828. The van der Waals surface area contributed by atoms with Crippen molar-refractivity contribution in [1.29, 1.82) is 0 Å². The molecule has 0 aliphatic carbocycles. The van der Waals surface area contributed by atoms with Crippen LogP contribution in [0.25, 0.3) is 0 Å². The molecule has 2 aromatic rings. The topological polar surface area (TPSA) is 26.0 Å². The van der Waals surface area contributed by atoms with Crippen molar-refractivity contribution >= 4 is 0 Å². The molecule has 0 saturated carbocycles. The molecule has 0 aliphatic heterocycles. The number of nitrogens with two attached hydrogens (primary N) is 1. The summed E-state index contributed by atoms with van der Waals surface area (Å²) in [7, 11) is 0. The van der Waals surface area contributed by atoms with Crippen LogP contribution < -0.4 is 5.73 Å². The van der Waals surface area contributed by atoms with E-state index in [1.807, 2.05) is 0 Å². The first-order valence-corrected chi connectivity index (χ1v) is 7.70. The Kier molecular flexibility index (Phi) is 6.33. The average molecular weight is 267 g/mol. The number of unbranched alkanes of at least 4 members (excludes halogenated alkanes) is 3. The van der Waals surface area contributed by atoms with Crippen molar-refractivity contribution < 1.29 is 0 Å². The number of benzene rings is 2. The second-order valence-electron chi connectivity index (χ2n) is 5.43. The maximum Gasteiger partial charge on any atom is -0.00258 e. The Morgan fingerprint density at radius 2 is 1.20 bits per heavy atom. The molecule has 0 aliphatic rings. The zero-order chi connectivity index (χ0) is 14.0. The highest BCUT2D eigenvalue weighted by Gasteiger charge is 1.97. The summed E-state index contributed by atoms with van der Waals surface area (Å²) in [6.45, 7) is 0.828. The van der Waals surface area contributed by atoms with E-state index < -0.39 is 0 Å². The standard InChI is InChI=1S/C19H25N/c20-15-7-2-1-4-8-17-11-13-19(14-12-17)16-18-9-5-3-6-10-18/h3,5-6,9-14H,1-2,4,7-8,15-16,20H2. The van der Waals surface area contributed by atoms with Crippen LogP contribution >= 0.6 is 0 Å². The molecule has 0 unspecified atom stereocenters. The van der Waals surface area contributed by atoms with Crippen LogP contribution in [0.3, 0.4) is 0 Å². The van der Waals surface area contributed by atoms with E-state index in [1.165, 1.54) is 42.4 Å². The van der Waals surface area contributed by atoms with Crippen LogP contribution in [-0.2, 0) is 12.8 Å². The first-order valence-electron chi connectivity index (χ1n) is 7.70. The van der Waals surface area contributed by atoms with Crippen LogP contribution in [0.15, 0.2) is 54.6 Å². The van der Waals surface area contributed by atoms with Gasteiger partial charge in [-0.3, -0.25) is 0 Å². The van der Waals surface area contributed by atoms with Crippen molar-refractivity contribution in [3.05, 3.63) is 71.3 Å². The van der Waals surface area contributed by atoms with E-state index in [1.54, 1.807) is 0 Å². The molecule has 2 aromatic carbocycles. The number of hydrogen-bond donors (Lipinski definition) is 1. The van der Waals surface area contributed by atoms with Crippen molar-refractivity contribution in [2.45, 2.75) is 38.5 Å². The van der Waals surface area contributed by atoms with Gasteiger partial charge in [0.2, 0.25) is 0 Å². The maximum absolute atomic E-state index is 5.50. The number of aryl methyl sites for hydroxylation is 1. The average Bonchev–Trinajstić information content (AvgIpc) is 2.50. The third-order valence-electron chi connectivity index (χ3n) is 3.69. The van der Waals surface area contributed by atoms with E-state index in [0.29, 0.717) is 0 Å². The molecule has 1 nitrogen and oxygen atoms in total. The zero-order valence-electron chi connectivity index (χ0n) is 12.2. The summed E-state index contributed by atoms with van der Waals surface area (Å²) < 4.78 is 0. The molecule has 0 atom stereocenters. The fourth-order valence-corrected chi connectivity index (χ4v) is 2.48. The van der Waals surface area contributed by atoms with Crippen molar-refractivity contribution in [1.82, 2.24) is 0 Å². The van der Waals surface area contributed by atoms with E-state index in [0.717, 1.165) is 19.4 Å². The maximum atomic E-state index is 5.50. The summed E-state index contributed by atoms with van der Waals surface area (Å²) in [5.41, 5.74) is 9.72. The molecule has 0 fully saturated rings. The Labute approximate surface area is 122 Å². The Balaban J connectivity index is 1.78. The van der Waals surface area contributed by atoms with Crippen LogP contribution in [0.4, 0.5) is 0 Å². The summed E-state index contributed by atoms with van der Waals surface area (Å²) in [4.78, 5) is 0. The lowest BCUT2D eigenvalue weighted by Crippen LogP contribution is -1.97. The predicted octanol–water partition coefficient (Wildman–Crippen LogP) is 4.34. The van der Waals surface area contributed by atoms with Gasteiger partial charge in [0.05, 0.1) is 0 Å². The first kappa shape index (κ1) is 14.8. The number of rotatable bonds is 8. The summed E-state index contributed by atoms with van der Waals surface area (Å²) in [6, 6.07) is 19.7. The summed E-state index contributed by atoms with van der Waals surface area (Å²) >= 11 is 0. The SMILES string of the molecule is NCCCCCCc1ccc(Cc2ccccc2)cc1. The largest absolute Gasteiger partial charge is 0.330 e. The van der Waals surface area contributed by atoms with Crippen molar-refractivity contribution in [3.63, 3.8) is 0 Å². The lowest BCUT2D eigenvalue weighted by Gasteiger charge is -2.05. The highest BCUT2D eigenvalue weighted by Crippen LogP contribution is 2.13. The Morgan fingerprint density at radius 1 is 0.600 bits per heavy atom. The molecule has 0 heterocycles. The molecular weight excluding hydrogens is 242 g/mol. The van der Waals surface area contributed by atoms with E-state index in [2.05, 4.69) is 54.6 Å². The van der Waals surface area contributed by atoms with E-state index in [9.17, 15) is 0 Å². The van der Waals surface area contributed by atoms with Crippen LogP contribution in [0.1, 0.15) is 42.4 Å². The fraction of sp³-hybridized carbons (Fsp3) is 0.368. The Morgan fingerprint density at radius 3 is 1.90 bits per heavy atom. The molecule has 0 radical (unpaired) electrons. The monoisotopic (exact) mass is 267 g/mol. The van der Waals surface area contributed by atoms with Gasteiger partial charge < -0.3 is 5.73 Å². The molecule has 0 bridgehead atoms. The van der Waals surface area contributed by atoms with Crippen LogP contribution in [0, 0.1) is 0 Å². The van der Waals surface area contributed by atoms with Gasteiger partial charge in [0.15, 0.2) is 0 Å². The Hall–Kier alpha value is -1.60. The van der Waals surface area contributed by atoms with E-state index >= 15 is 0 Å². The summed E-state index contributed by atoms with van der Waals surface area (Å²) in [5, 5.41) is 0. The van der Waals surface area contributed by atoms with E-state index in [-0.39, 0.29) is 0 Å². The molecule has 0 aromatic heterocycles. The normalized spacial score (nSPS) is 10.7. The summed E-state index contributed by atoms with van der Waals surface area (Å²) in [5.74, 6) is 0. The van der Waals surface area contributed by atoms with Gasteiger partial charge in [-0.1, -0.05) is 67.4 Å². The van der Waals surface area contributed by atoms with Gasteiger partial charge in [0.1, 0.15) is 0 Å². The van der Waals surface area contributed by atoms with Gasteiger partial charge in [-0.2, -0.15) is 0 Å². The van der Waals surface area contributed by atoms with Crippen molar-refractivity contribution in [2.75, 3.05) is 6.54 Å². The van der Waals surface area contributed by atoms with Gasteiger partial charge in [-0.15, -0.1) is 0 Å². The van der Waals surface area contributed by atoms with Crippen LogP contribution in [0.2, 0.25) is 0 Å². The van der Waals surface area contributed by atoms with Gasteiger partial charge in [-0.25, -0.2) is 0 Å².